The van der Waals surface area contributed by atoms with Gasteiger partial charge in [-0.3, -0.25) is 14.5 Å². The highest BCUT2D eigenvalue weighted by Crippen LogP contribution is 2.25. The van der Waals surface area contributed by atoms with Gasteiger partial charge in [-0.1, -0.05) is 6.07 Å². The van der Waals surface area contributed by atoms with E-state index in [1.807, 2.05) is 0 Å². The van der Waals surface area contributed by atoms with Gasteiger partial charge in [-0.15, -0.1) is 11.3 Å². The van der Waals surface area contributed by atoms with Gasteiger partial charge in [-0.2, -0.15) is 0 Å². The number of hydrogen-bond acceptors (Lipinski definition) is 10. The number of aliphatic imine (C=N–C) groups is 1. The van der Waals surface area contributed by atoms with Crippen LogP contribution in [0.4, 0.5) is 0 Å². The minimum absolute atomic E-state index is 0.0332. The van der Waals surface area contributed by atoms with Crippen molar-refractivity contribution in [2.75, 3.05) is 12.9 Å². The van der Waals surface area contributed by atoms with Crippen molar-refractivity contribution in [3.8, 4) is 0 Å². The second-order valence-electron chi connectivity index (χ2n) is 7.08. The smallest absolute Gasteiger partial charge is 0.370 e. The van der Waals surface area contributed by atoms with Gasteiger partial charge in [0.25, 0.3) is 0 Å². The molecule has 0 radical (unpaired) electrons. The zero-order valence-corrected chi connectivity index (χ0v) is 18.8. The molecule has 0 saturated carbocycles. The number of nitrogens with one attached hydrogen (secondary N) is 2. The molecule has 0 unspecified atom stereocenters. The van der Waals surface area contributed by atoms with Crippen LogP contribution in [-0.2, 0) is 30.8 Å². The molecule has 12 nitrogen and oxygen atoms in total. The first kappa shape index (κ1) is 25.7. The second-order valence-corrected chi connectivity index (χ2v) is 9.86. The zero-order chi connectivity index (χ0) is 24.1. The van der Waals surface area contributed by atoms with E-state index < -0.39 is 64.7 Å². The van der Waals surface area contributed by atoms with Crippen LogP contribution in [0.2, 0.25) is 0 Å². The lowest BCUT2D eigenvalue weighted by Crippen LogP contribution is -2.59. The van der Waals surface area contributed by atoms with E-state index >= 15 is 0 Å². The van der Waals surface area contributed by atoms with Crippen molar-refractivity contribution in [3.63, 3.8) is 0 Å². The SMILES string of the molecule is CC(=O)N[C@H]1[C@H]([C@H](O)[C@H](O)CO)OC(C(=O)O)=C[C@@H]1N=C(Cc1cccs1)NS(C)(=O)=O. The predicted octanol–water partition coefficient (Wildman–Crippen LogP) is -1.81. The van der Waals surface area contributed by atoms with Crippen LogP contribution < -0.4 is 10.0 Å². The number of amides is 1. The summed E-state index contributed by atoms with van der Waals surface area (Å²) < 4.78 is 31.3. The molecule has 0 saturated heterocycles. The lowest BCUT2D eigenvalue weighted by molar-refractivity contribution is -0.145. The summed E-state index contributed by atoms with van der Waals surface area (Å²) in [4.78, 5) is 28.5. The van der Waals surface area contributed by atoms with Crippen LogP contribution in [0.25, 0.3) is 0 Å². The van der Waals surface area contributed by atoms with Crippen molar-refractivity contribution in [2.24, 2.45) is 4.99 Å². The average Bonchev–Trinajstić information content (AvgIpc) is 3.19. The topological polar surface area (TPSA) is 195 Å². The number of carboxylic acid groups (broad SMARTS) is 1. The third-order valence-electron chi connectivity index (χ3n) is 4.34. The van der Waals surface area contributed by atoms with Crippen LogP contribution in [0.3, 0.4) is 0 Å². The third-order valence-corrected chi connectivity index (χ3v) is 5.82. The number of carbonyl (C=O) groups is 2. The molecule has 178 valence electrons. The Morgan fingerprint density at radius 2 is 2.03 bits per heavy atom. The normalized spacial score (nSPS) is 23.5. The predicted molar refractivity (Wildman–Crippen MR) is 115 cm³/mol. The fourth-order valence-corrected chi connectivity index (χ4v) is 4.31. The molecule has 0 bridgehead atoms. The quantitative estimate of drug-likeness (QED) is 0.170. The zero-order valence-electron chi connectivity index (χ0n) is 17.2. The molecule has 1 aliphatic rings. The molecule has 1 amide bonds. The monoisotopic (exact) mass is 491 g/mol. The van der Waals surface area contributed by atoms with E-state index in [1.54, 1.807) is 17.5 Å². The summed E-state index contributed by atoms with van der Waals surface area (Å²) in [5.74, 6) is -2.73. The van der Waals surface area contributed by atoms with E-state index in [-0.39, 0.29) is 12.3 Å². The van der Waals surface area contributed by atoms with Crippen molar-refractivity contribution in [3.05, 3.63) is 34.2 Å². The van der Waals surface area contributed by atoms with Gasteiger partial charge in [0.05, 0.1) is 24.9 Å². The molecule has 32 heavy (non-hydrogen) atoms. The number of rotatable bonds is 9. The molecule has 1 aromatic heterocycles. The Morgan fingerprint density at radius 3 is 2.53 bits per heavy atom. The Kier molecular flexibility index (Phi) is 8.74. The minimum atomic E-state index is -3.75. The Balaban J connectivity index is 2.56. The highest BCUT2D eigenvalue weighted by molar-refractivity contribution is 7.89. The van der Waals surface area contributed by atoms with Gasteiger partial charge in [0.2, 0.25) is 21.7 Å². The van der Waals surface area contributed by atoms with Gasteiger partial charge in [-0.05, 0) is 17.5 Å². The van der Waals surface area contributed by atoms with Crippen LogP contribution >= 0.6 is 11.3 Å². The lowest BCUT2D eigenvalue weighted by Gasteiger charge is -2.38. The van der Waals surface area contributed by atoms with Crippen molar-refractivity contribution >= 4 is 39.1 Å². The van der Waals surface area contributed by atoms with Gasteiger partial charge in [-0.25, -0.2) is 13.2 Å². The van der Waals surface area contributed by atoms with E-state index in [0.29, 0.717) is 0 Å². The number of nitrogens with zero attached hydrogens (tertiary/aromatic N) is 1. The highest BCUT2D eigenvalue weighted by Gasteiger charge is 2.43. The van der Waals surface area contributed by atoms with Crippen LogP contribution in [0.5, 0.6) is 0 Å². The molecule has 6 N–H and O–H groups in total. The number of amidine groups is 1. The molecule has 0 fully saturated rings. The number of aliphatic hydroxyl groups is 3. The van der Waals surface area contributed by atoms with Gasteiger partial charge < -0.3 is 30.5 Å². The summed E-state index contributed by atoms with van der Waals surface area (Å²) in [5.41, 5.74) is 0. The molecule has 1 aromatic rings. The van der Waals surface area contributed by atoms with Gasteiger partial charge >= 0.3 is 5.97 Å². The summed E-state index contributed by atoms with van der Waals surface area (Å²) in [6.07, 6.45) is -2.94. The van der Waals surface area contributed by atoms with Gasteiger partial charge in [0.15, 0.2) is 0 Å². The minimum Gasteiger partial charge on any atom is -0.478 e. The van der Waals surface area contributed by atoms with Crippen LogP contribution in [-0.4, -0.2) is 89.8 Å². The van der Waals surface area contributed by atoms with Gasteiger partial charge in [0.1, 0.15) is 24.1 Å². The third kappa shape index (κ3) is 7.27. The number of sulfonamides is 1. The Bertz CT molecular complexity index is 976. The molecule has 2 heterocycles. The maximum atomic E-state index is 11.9. The molecule has 0 aliphatic carbocycles. The number of aliphatic hydroxyl groups excluding tert-OH is 3. The molecule has 1 aliphatic heterocycles. The molecular formula is C18H25N3O9S2. The first-order chi connectivity index (χ1) is 14.9. The highest BCUT2D eigenvalue weighted by atomic mass is 32.2. The number of carbonyl (C=O) groups excluding carboxylic acids is 1. The van der Waals surface area contributed by atoms with Crippen LogP contribution in [0.1, 0.15) is 11.8 Å². The first-order valence-electron chi connectivity index (χ1n) is 9.34. The van der Waals surface area contributed by atoms with E-state index in [0.717, 1.165) is 17.2 Å². The van der Waals surface area contributed by atoms with Crippen LogP contribution in [0, 0.1) is 0 Å². The Labute approximate surface area is 188 Å². The van der Waals surface area contributed by atoms with Crippen LogP contribution in [0.15, 0.2) is 34.3 Å². The lowest BCUT2D eigenvalue weighted by atomic mass is 9.92. The largest absolute Gasteiger partial charge is 0.478 e. The molecule has 0 spiro atoms. The number of aliphatic carboxylic acids is 1. The van der Waals surface area contributed by atoms with Crippen molar-refractivity contribution in [2.45, 2.75) is 43.7 Å². The van der Waals surface area contributed by atoms with E-state index in [4.69, 9.17) is 4.74 Å². The fourth-order valence-electron chi connectivity index (χ4n) is 3.04. The van der Waals surface area contributed by atoms with E-state index in [9.17, 15) is 38.4 Å². The maximum Gasteiger partial charge on any atom is 0.370 e. The molecule has 14 heteroatoms. The number of carboxylic acids is 1. The molecule has 2 rings (SSSR count). The maximum absolute atomic E-state index is 11.9. The summed E-state index contributed by atoms with van der Waals surface area (Å²) in [6, 6.07) is 1.14. The molecule has 5 atom stereocenters. The van der Waals surface area contributed by atoms with Crippen molar-refractivity contribution in [1.82, 2.24) is 10.0 Å². The molecular weight excluding hydrogens is 466 g/mol. The molecule has 0 aromatic carbocycles. The Morgan fingerprint density at radius 1 is 1.34 bits per heavy atom. The van der Waals surface area contributed by atoms with E-state index in [2.05, 4.69) is 15.0 Å². The Hall–Kier alpha value is -2.52. The van der Waals surface area contributed by atoms with Gasteiger partial charge in [0, 0.05) is 18.2 Å². The fraction of sp³-hybridized carbons (Fsp3) is 0.500. The first-order valence-corrected chi connectivity index (χ1v) is 12.1. The number of ether oxygens (including phenoxy) is 1. The summed E-state index contributed by atoms with van der Waals surface area (Å²) >= 11 is 1.35. The number of hydrogen-bond donors (Lipinski definition) is 6. The summed E-state index contributed by atoms with van der Waals surface area (Å²) in [5, 5.41) is 43.1. The van der Waals surface area contributed by atoms with E-state index in [1.165, 1.54) is 18.3 Å². The van der Waals surface area contributed by atoms with Crippen molar-refractivity contribution in [1.29, 1.82) is 0 Å². The summed E-state index contributed by atoms with van der Waals surface area (Å²) in [7, 11) is -3.75. The second kappa shape index (κ2) is 10.9. The summed E-state index contributed by atoms with van der Waals surface area (Å²) in [6.45, 7) is 0.317. The van der Waals surface area contributed by atoms with Crippen molar-refractivity contribution < 1.29 is 43.2 Å². The standard InChI is InChI=1S/C18H25N3O9S2/c1-9(23)19-15-11(7-13(18(26)27)30-17(15)16(25)12(24)8-22)20-14(21-32(2,28)29)6-10-4-3-5-31-10/h3-5,7,11-12,15-17,22,24-25H,6,8H2,1-2H3,(H,19,23)(H,20,21)(H,26,27)/t11-,12+,15+,16+,17+/m0/s1. The number of thiophene rings is 1. The average molecular weight is 492 g/mol.